The largest absolute Gasteiger partial charge is 0.287 e. The van der Waals surface area contributed by atoms with Gasteiger partial charge in [-0.1, -0.05) is 58.5 Å². The van der Waals surface area contributed by atoms with Crippen molar-refractivity contribution in [1.29, 1.82) is 0 Å². The van der Waals surface area contributed by atoms with E-state index in [0.717, 1.165) is 4.70 Å². The first kappa shape index (κ1) is 11.4. The summed E-state index contributed by atoms with van der Waals surface area (Å²) in [6.07, 6.45) is 0. The second kappa shape index (κ2) is 3.89. The van der Waals surface area contributed by atoms with E-state index < -0.39 is 0 Å². The normalized spacial score (nSPS) is 11.5. The summed E-state index contributed by atoms with van der Waals surface area (Å²) < 4.78 is 2.41. The molecule has 3 rings (SSSR count). The van der Waals surface area contributed by atoms with E-state index in [1.807, 2.05) is 18.2 Å². The van der Waals surface area contributed by atoms with Crippen LogP contribution in [0.3, 0.4) is 0 Å². The predicted octanol–water partition coefficient (Wildman–Crippen LogP) is 4.47. The van der Waals surface area contributed by atoms with E-state index in [1.54, 1.807) is 9.86 Å². The van der Waals surface area contributed by atoms with E-state index in [4.69, 9.17) is 34.8 Å². The number of hydrogen-bond acceptors (Lipinski definition) is 2. The molecule has 0 aliphatic heterocycles. The first-order valence-electron chi connectivity index (χ1n) is 4.68. The monoisotopic (exact) mass is 303 g/mol. The molecule has 3 aromatic rings. The van der Waals surface area contributed by atoms with Crippen LogP contribution in [0.1, 0.15) is 0 Å². The Morgan fingerprint density at radius 2 is 1.76 bits per heavy atom. The SMILES string of the molecule is O=c1c2ccccc2sn2c(Cl)c(Cl)c(Cl)c12. The van der Waals surface area contributed by atoms with Gasteiger partial charge in [-0.15, -0.1) is 0 Å². The molecule has 0 spiro atoms. The highest BCUT2D eigenvalue weighted by Gasteiger charge is 2.18. The predicted molar refractivity (Wildman–Crippen MR) is 74.1 cm³/mol. The van der Waals surface area contributed by atoms with Gasteiger partial charge in [0.25, 0.3) is 0 Å². The molecule has 0 radical (unpaired) electrons. The highest BCUT2D eigenvalue weighted by molar-refractivity contribution is 7.14. The van der Waals surface area contributed by atoms with Crippen molar-refractivity contribution in [3.05, 3.63) is 49.7 Å². The molecule has 0 saturated carbocycles. The average Bonchev–Trinajstić information content (AvgIpc) is 2.55. The standard InChI is InChI=1S/C11H4Cl3NOS/c12-7-8(13)11(14)15-9(7)10(16)5-3-1-2-4-6(5)17-15/h1-4H. The third-order valence-electron chi connectivity index (χ3n) is 2.50. The second-order valence-corrected chi connectivity index (χ2v) is 5.58. The summed E-state index contributed by atoms with van der Waals surface area (Å²) in [5.41, 5.74) is 0.184. The van der Waals surface area contributed by atoms with E-state index in [2.05, 4.69) is 0 Å². The van der Waals surface area contributed by atoms with Crippen molar-refractivity contribution in [1.82, 2.24) is 3.79 Å². The molecule has 2 aromatic heterocycles. The fourth-order valence-electron chi connectivity index (χ4n) is 1.71. The molecule has 1 aromatic carbocycles. The zero-order valence-corrected chi connectivity index (χ0v) is 11.3. The molecule has 0 saturated heterocycles. The van der Waals surface area contributed by atoms with Crippen molar-refractivity contribution >= 4 is 61.9 Å². The van der Waals surface area contributed by atoms with E-state index in [9.17, 15) is 4.79 Å². The van der Waals surface area contributed by atoms with Gasteiger partial charge in [-0.25, -0.2) is 3.79 Å². The van der Waals surface area contributed by atoms with Crippen LogP contribution in [0, 0.1) is 0 Å². The van der Waals surface area contributed by atoms with Crippen molar-refractivity contribution in [2.75, 3.05) is 0 Å². The fraction of sp³-hybridized carbons (Fsp3) is 0. The lowest BCUT2D eigenvalue weighted by Crippen LogP contribution is -2.03. The molecule has 17 heavy (non-hydrogen) atoms. The molecule has 0 atom stereocenters. The summed E-state index contributed by atoms with van der Waals surface area (Å²) in [7, 11) is 0. The van der Waals surface area contributed by atoms with Crippen molar-refractivity contribution in [2.24, 2.45) is 0 Å². The van der Waals surface area contributed by atoms with Gasteiger partial charge in [-0.3, -0.25) is 4.79 Å². The van der Waals surface area contributed by atoms with Crippen LogP contribution in [-0.2, 0) is 0 Å². The number of aromatic nitrogens is 1. The Labute approximate surface area is 115 Å². The van der Waals surface area contributed by atoms with Gasteiger partial charge in [0.05, 0.1) is 14.7 Å². The third kappa shape index (κ3) is 1.50. The van der Waals surface area contributed by atoms with Crippen LogP contribution in [0.2, 0.25) is 15.2 Å². The Balaban J connectivity index is 2.70. The van der Waals surface area contributed by atoms with Crippen LogP contribution in [0.15, 0.2) is 29.1 Å². The maximum absolute atomic E-state index is 12.3. The zero-order valence-electron chi connectivity index (χ0n) is 8.21. The number of benzene rings is 1. The van der Waals surface area contributed by atoms with Gasteiger partial charge < -0.3 is 0 Å². The van der Waals surface area contributed by atoms with E-state index in [0.29, 0.717) is 10.9 Å². The molecule has 0 amide bonds. The zero-order chi connectivity index (χ0) is 12.2. The van der Waals surface area contributed by atoms with Crippen molar-refractivity contribution in [3.8, 4) is 0 Å². The summed E-state index contributed by atoms with van der Waals surface area (Å²) in [6, 6.07) is 7.30. The molecule has 6 heteroatoms. The number of fused-ring (bicyclic) bond motifs is 2. The first-order valence-corrected chi connectivity index (χ1v) is 6.59. The summed E-state index contributed by atoms with van der Waals surface area (Å²) in [5.74, 6) is 0. The molecule has 0 fully saturated rings. The Kier molecular flexibility index (Phi) is 2.60. The average molecular weight is 305 g/mol. The van der Waals surface area contributed by atoms with Crippen molar-refractivity contribution in [2.45, 2.75) is 0 Å². The Morgan fingerprint density at radius 1 is 1.06 bits per heavy atom. The third-order valence-corrected chi connectivity index (χ3v) is 4.99. The minimum atomic E-state index is -0.154. The minimum Gasteiger partial charge on any atom is -0.287 e. The molecule has 0 unspecified atom stereocenters. The second-order valence-electron chi connectivity index (χ2n) is 3.48. The lowest BCUT2D eigenvalue weighted by Gasteiger charge is -1.99. The van der Waals surface area contributed by atoms with Crippen LogP contribution in [-0.4, -0.2) is 3.79 Å². The lowest BCUT2D eigenvalue weighted by atomic mass is 10.2. The van der Waals surface area contributed by atoms with Crippen LogP contribution in [0.5, 0.6) is 0 Å². The van der Waals surface area contributed by atoms with Crippen LogP contribution < -0.4 is 5.43 Å². The minimum absolute atomic E-state index is 0.154. The van der Waals surface area contributed by atoms with Crippen molar-refractivity contribution in [3.63, 3.8) is 0 Å². The molecular formula is C11H4Cl3NOS. The van der Waals surface area contributed by atoms with E-state index >= 15 is 0 Å². The van der Waals surface area contributed by atoms with Gasteiger partial charge in [0.15, 0.2) is 0 Å². The Hall–Kier alpha value is -0.740. The molecule has 86 valence electrons. The van der Waals surface area contributed by atoms with Crippen LogP contribution in [0.4, 0.5) is 0 Å². The van der Waals surface area contributed by atoms with Gasteiger partial charge in [0, 0.05) is 5.39 Å². The van der Waals surface area contributed by atoms with Gasteiger partial charge in [0.2, 0.25) is 5.43 Å². The molecule has 0 aliphatic carbocycles. The molecular weight excluding hydrogens is 301 g/mol. The Morgan fingerprint density at radius 3 is 2.53 bits per heavy atom. The molecule has 2 heterocycles. The number of halogens is 3. The van der Waals surface area contributed by atoms with Crippen molar-refractivity contribution < 1.29 is 0 Å². The maximum atomic E-state index is 12.3. The highest BCUT2D eigenvalue weighted by Crippen LogP contribution is 2.37. The lowest BCUT2D eigenvalue weighted by molar-refractivity contribution is 1.37. The number of rotatable bonds is 0. The smallest absolute Gasteiger partial charge is 0.213 e. The fourth-order valence-corrected chi connectivity index (χ4v) is 3.61. The van der Waals surface area contributed by atoms with Crippen LogP contribution >= 0.6 is 46.3 Å². The summed E-state index contributed by atoms with van der Waals surface area (Å²) >= 11 is 19.3. The summed E-state index contributed by atoms with van der Waals surface area (Å²) in [5, 5.41) is 1.33. The topological polar surface area (TPSA) is 21.5 Å². The number of hydrogen-bond donors (Lipinski definition) is 0. The maximum Gasteiger partial charge on any atom is 0.213 e. The summed E-state index contributed by atoms with van der Waals surface area (Å²) in [6.45, 7) is 0. The van der Waals surface area contributed by atoms with E-state index in [-0.39, 0.29) is 20.6 Å². The number of nitrogens with zero attached hydrogens (tertiary/aromatic N) is 1. The quantitative estimate of drug-likeness (QED) is 0.600. The van der Waals surface area contributed by atoms with E-state index in [1.165, 1.54) is 11.5 Å². The molecule has 0 bridgehead atoms. The van der Waals surface area contributed by atoms with Gasteiger partial charge >= 0.3 is 0 Å². The van der Waals surface area contributed by atoms with Crippen LogP contribution in [0.25, 0.3) is 15.6 Å². The summed E-state index contributed by atoms with van der Waals surface area (Å²) in [4.78, 5) is 12.3. The molecule has 0 aliphatic rings. The van der Waals surface area contributed by atoms with Gasteiger partial charge in [0.1, 0.15) is 10.7 Å². The molecule has 2 nitrogen and oxygen atoms in total. The van der Waals surface area contributed by atoms with Gasteiger partial charge in [-0.2, -0.15) is 0 Å². The van der Waals surface area contributed by atoms with Gasteiger partial charge in [-0.05, 0) is 12.1 Å². The Bertz CT molecular complexity index is 806. The highest BCUT2D eigenvalue weighted by atomic mass is 35.5. The molecule has 0 N–H and O–H groups in total. The first-order chi connectivity index (χ1) is 8.11.